The van der Waals surface area contributed by atoms with Gasteiger partial charge in [-0.2, -0.15) is 0 Å². The zero-order valence-electron chi connectivity index (χ0n) is 10.9. The van der Waals surface area contributed by atoms with Crippen molar-refractivity contribution in [2.75, 3.05) is 5.73 Å². The first-order valence-corrected chi connectivity index (χ1v) is 6.17. The third-order valence-electron chi connectivity index (χ3n) is 3.05. The summed E-state index contributed by atoms with van der Waals surface area (Å²) < 4.78 is 0. The second kappa shape index (κ2) is 5.04. The van der Waals surface area contributed by atoms with Gasteiger partial charge < -0.3 is 10.7 Å². The Labute approximate surface area is 119 Å². The average molecular weight is 281 g/mol. The van der Waals surface area contributed by atoms with Gasteiger partial charge in [-0.3, -0.25) is 10.1 Å². The van der Waals surface area contributed by atoms with Gasteiger partial charge >= 0.3 is 0 Å². The molecule has 0 aliphatic heterocycles. The highest BCUT2D eigenvalue weighted by Crippen LogP contribution is 2.31. The van der Waals surface area contributed by atoms with Crippen LogP contribution < -0.4 is 5.73 Å². The van der Waals surface area contributed by atoms with Gasteiger partial charge in [-0.1, -0.05) is 24.3 Å². The van der Waals surface area contributed by atoms with Crippen molar-refractivity contribution in [1.82, 2.24) is 4.98 Å². The van der Waals surface area contributed by atoms with Gasteiger partial charge in [0.25, 0.3) is 5.69 Å². The predicted octanol–water partition coefficient (Wildman–Crippen LogP) is 4.07. The molecule has 7 heteroatoms. The molecule has 0 aliphatic carbocycles. The molecule has 0 atom stereocenters. The van der Waals surface area contributed by atoms with Crippen molar-refractivity contribution in [3.8, 4) is 0 Å². The molecule has 0 saturated heterocycles. The van der Waals surface area contributed by atoms with E-state index < -0.39 is 4.92 Å². The number of azo groups is 1. The maximum absolute atomic E-state index is 10.6. The van der Waals surface area contributed by atoms with E-state index in [-0.39, 0.29) is 5.69 Å². The lowest BCUT2D eigenvalue weighted by Crippen LogP contribution is -1.85. The molecule has 1 aromatic heterocycles. The highest BCUT2D eigenvalue weighted by atomic mass is 16.6. The Hall–Kier alpha value is -3.22. The van der Waals surface area contributed by atoms with Crippen LogP contribution in [0.1, 0.15) is 0 Å². The molecule has 0 amide bonds. The summed E-state index contributed by atoms with van der Waals surface area (Å²) in [4.78, 5) is 13.1. The van der Waals surface area contributed by atoms with Gasteiger partial charge in [0.2, 0.25) is 0 Å². The number of aromatic nitrogens is 1. The molecule has 3 N–H and O–H groups in total. The Bertz CT molecular complexity index is 836. The summed E-state index contributed by atoms with van der Waals surface area (Å²) >= 11 is 0. The number of nitrogens with one attached hydrogen (secondary N) is 1. The molecule has 21 heavy (non-hydrogen) atoms. The summed E-state index contributed by atoms with van der Waals surface area (Å²) in [7, 11) is 0. The van der Waals surface area contributed by atoms with Gasteiger partial charge in [0.1, 0.15) is 5.82 Å². The molecule has 0 fully saturated rings. The average Bonchev–Trinajstić information content (AvgIpc) is 2.83. The second-order valence-electron chi connectivity index (χ2n) is 4.41. The first-order valence-electron chi connectivity index (χ1n) is 6.17. The van der Waals surface area contributed by atoms with Crippen LogP contribution in [0.25, 0.3) is 10.8 Å². The summed E-state index contributed by atoms with van der Waals surface area (Å²) in [6.45, 7) is 0. The summed E-state index contributed by atoms with van der Waals surface area (Å²) in [6, 6.07) is 13.4. The number of H-pyrrole nitrogens is 1. The number of fused-ring (bicyclic) bond motifs is 1. The minimum absolute atomic E-state index is 0.0171. The van der Waals surface area contributed by atoms with Crippen molar-refractivity contribution in [1.29, 1.82) is 0 Å². The topological polar surface area (TPSA) is 110 Å². The van der Waals surface area contributed by atoms with Crippen molar-refractivity contribution >= 4 is 33.8 Å². The lowest BCUT2D eigenvalue weighted by atomic mass is 10.2. The Morgan fingerprint density at radius 3 is 2.33 bits per heavy atom. The minimum Gasteiger partial charge on any atom is -0.385 e. The highest BCUT2D eigenvalue weighted by molar-refractivity contribution is 5.99. The smallest absolute Gasteiger partial charge is 0.269 e. The predicted molar refractivity (Wildman–Crippen MR) is 80.0 cm³/mol. The molecule has 0 radical (unpaired) electrons. The van der Waals surface area contributed by atoms with Gasteiger partial charge in [-0.05, 0) is 12.1 Å². The number of nitrogen functional groups attached to an aromatic ring is 1. The largest absolute Gasteiger partial charge is 0.385 e. The number of non-ortho nitro benzene ring substituents is 1. The van der Waals surface area contributed by atoms with E-state index in [0.717, 1.165) is 10.8 Å². The number of nitro benzene ring substituents is 1. The molecular weight excluding hydrogens is 270 g/mol. The van der Waals surface area contributed by atoms with Crippen LogP contribution in [0.15, 0.2) is 58.8 Å². The number of anilines is 1. The van der Waals surface area contributed by atoms with Crippen LogP contribution in [-0.2, 0) is 0 Å². The zero-order chi connectivity index (χ0) is 14.8. The van der Waals surface area contributed by atoms with E-state index in [0.29, 0.717) is 17.3 Å². The Morgan fingerprint density at radius 2 is 1.67 bits per heavy atom. The number of nitrogens with zero attached hydrogens (tertiary/aromatic N) is 3. The fraction of sp³-hybridized carbons (Fsp3) is 0. The molecular formula is C14H11N5O2. The van der Waals surface area contributed by atoms with Crippen LogP contribution in [0, 0.1) is 10.1 Å². The minimum atomic E-state index is -0.458. The van der Waals surface area contributed by atoms with E-state index in [1.165, 1.54) is 24.3 Å². The van der Waals surface area contributed by atoms with Crippen molar-refractivity contribution in [2.24, 2.45) is 10.2 Å². The maximum Gasteiger partial charge on any atom is 0.269 e. The normalized spacial score (nSPS) is 11.2. The van der Waals surface area contributed by atoms with Crippen LogP contribution in [0.3, 0.4) is 0 Å². The maximum atomic E-state index is 10.6. The van der Waals surface area contributed by atoms with Crippen LogP contribution in [0.4, 0.5) is 23.0 Å². The van der Waals surface area contributed by atoms with Gasteiger partial charge in [0.15, 0.2) is 5.82 Å². The molecule has 0 aliphatic rings. The molecule has 0 spiro atoms. The molecule has 1 heterocycles. The van der Waals surface area contributed by atoms with E-state index in [2.05, 4.69) is 15.2 Å². The highest BCUT2D eigenvalue weighted by Gasteiger charge is 2.07. The molecule has 0 saturated carbocycles. The molecule has 104 valence electrons. The second-order valence-corrected chi connectivity index (χ2v) is 4.41. The van der Waals surface area contributed by atoms with Crippen LogP contribution in [0.5, 0.6) is 0 Å². The number of aromatic amines is 1. The Kier molecular flexibility index (Phi) is 3.07. The SMILES string of the molecule is Nc1[nH]c(N=Nc2ccc([N+](=O)[O-])cc2)c2ccccc12. The number of hydrogen-bond acceptors (Lipinski definition) is 5. The third kappa shape index (κ3) is 2.44. The number of hydrogen-bond donors (Lipinski definition) is 2. The molecule has 3 rings (SSSR count). The fourth-order valence-electron chi connectivity index (χ4n) is 2.01. The van der Waals surface area contributed by atoms with Gasteiger partial charge in [0, 0.05) is 22.9 Å². The molecule has 3 aromatic rings. The monoisotopic (exact) mass is 281 g/mol. The molecule has 0 unspecified atom stereocenters. The first kappa shape index (κ1) is 12.8. The van der Waals surface area contributed by atoms with Crippen molar-refractivity contribution in [3.63, 3.8) is 0 Å². The van der Waals surface area contributed by atoms with Crippen LogP contribution in [0.2, 0.25) is 0 Å². The lowest BCUT2D eigenvalue weighted by Gasteiger charge is -1.93. The standard InChI is InChI=1S/C14H11N5O2/c15-13-11-3-1-2-4-12(11)14(16-13)18-17-9-5-7-10(8-6-9)19(20)21/h1-8,16H,15H2. The molecule has 7 nitrogen and oxygen atoms in total. The van der Waals surface area contributed by atoms with E-state index in [1.54, 1.807) is 0 Å². The van der Waals surface area contributed by atoms with Gasteiger partial charge in [-0.25, -0.2) is 0 Å². The quantitative estimate of drug-likeness (QED) is 0.428. The lowest BCUT2D eigenvalue weighted by molar-refractivity contribution is -0.384. The van der Waals surface area contributed by atoms with Crippen molar-refractivity contribution < 1.29 is 4.92 Å². The Morgan fingerprint density at radius 1 is 1.00 bits per heavy atom. The van der Waals surface area contributed by atoms with Gasteiger partial charge in [-0.15, -0.1) is 10.2 Å². The van der Waals surface area contributed by atoms with Crippen molar-refractivity contribution in [2.45, 2.75) is 0 Å². The van der Waals surface area contributed by atoms with E-state index in [1.807, 2.05) is 24.3 Å². The number of nitrogens with two attached hydrogens (primary N) is 1. The number of rotatable bonds is 3. The molecule has 0 bridgehead atoms. The fourth-order valence-corrected chi connectivity index (χ4v) is 2.01. The summed E-state index contributed by atoms with van der Waals surface area (Å²) in [6.07, 6.45) is 0. The third-order valence-corrected chi connectivity index (χ3v) is 3.05. The Balaban J connectivity index is 1.92. The van der Waals surface area contributed by atoms with E-state index >= 15 is 0 Å². The number of benzene rings is 2. The van der Waals surface area contributed by atoms with E-state index in [9.17, 15) is 10.1 Å². The summed E-state index contributed by atoms with van der Waals surface area (Å²) in [5.74, 6) is 1.09. The van der Waals surface area contributed by atoms with Crippen molar-refractivity contribution in [3.05, 3.63) is 58.6 Å². The van der Waals surface area contributed by atoms with E-state index in [4.69, 9.17) is 5.73 Å². The van der Waals surface area contributed by atoms with Crippen LogP contribution >= 0.6 is 0 Å². The first-order chi connectivity index (χ1) is 10.1. The molecule has 2 aromatic carbocycles. The zero-order valence-corrected chi connectivity index (χ0v) is 10.9. The van der Waals surface area contributed by atoms with Gasteiger partial charge in [0.05, 0.1) is 10.6 Å². The summed E-state index contributed by atoms with van der Waals surface area (Å²) in [5, 5.41) is 20.5. The van der Waals surface area contributed by atoms with Crippen LogP contribution in [-0.4, -0.2) is 9.91 Å². The number of nitro groups is 1. The summed E-state index contributed by atoms with van der Waals surface area (Å²) in [5.41, 5.74) is 6.41.